The van der Waals surface area contributed by atoms with Crippen molar-refractivity contribution in [3.63, 3.8) is 0 Å². The van der Waals surface area contributed by atoms with Gasteiger partial charge in [0.15, 0.2) is 0 Å². The maximum absolute atomic E-state index is 6.50. The second-order valence-electron chi connectivity index (χ2n) is 14.6. The highest BCUT2D eigenvalue weighted by Gasteiger charge is 2.27. The summed E-state index contributed by atoms with van der Waals surface area (Å²) in [5, 5.41) is 10.3. The number of furan rings is 1. The smallest absolute Gasteiger partial charge is 0.136 e. The topological polar surface area (TPSA) is 13.1 Å². The van der Waals surface area contributed by atoms with Gasteiger partial charge in [-0.25, -0.2) is 0 Å². The van der Waals surface area contributed by atoms with E-state index in [0.29, 0.717) is 0 Å². The van der Waals surface area contributed by atoms with Crippen molar-refractivity contribution in [1.82, 2.24) is 0 Å². The lowest BCUT2D eigenvalue weighted by Crippen LogP contribution is -2.03. The van der Waals surface area contributed by atoms with Crippen LogP contribution in [0.1, 0.15) is 44.5 Å². The lowest BCUT2D eigenvalue weighted by Gasteiger charge is -2.27. The summed E-state index contributed by atoms with van der Waals surface area (Å²) >= 11 is 0. The van der Waals surface area contributed by atoms with Crippen LogP contribution in [-0.2, 0) is 0 Å². The van der Waals surface area contributed by atoms with Crippen molar-refractivity contribution >= 4 is 54.3 Å². The Kier molecular flexibility index (Phi) is 7.03. The van der Waals surface area contributed by atoms with E-state index in [1.165, 1.54) is 116 Å². The zero-order valence-electron chi connectivity index (χ0n) is 30.8. The van der Waals surface area contributed by atoms with Crippen molar-refractivity contribution in [3.05, 3.63) is 154 Å². The molecule has 0 saturated heterocycles. The van der Waals surface area contributed by atoms with E-state index < -0.39 is 0 Å². The molecule has 0 aliphatic rings. The van der Waals surface area contributed by atoms with Crippen LogP contribution in [-0.4, -0.2) is 0 Å². The minimum absolute atomic E-state index is 0.927. The highest BCUT2D eigenvalue weighted by atomic mass is 16.3. The van der Waals surface area contributed by atoms with Crippen LogP contribution in [0.3, 0.4) is 0 Å². The minimum Gasteiger partial charge on any atom is -0.456 e. The Hall–Kier alpha value is -5.66. The third-order valence-corrected chi connectivity index (χ3v) is 12.3. The predicted molar refractivity (Wildman–Crippen MR) is 220 cm³/mol. The third-order valence-electron chi connectivity index (χ3n) is 12.3. The largest absolute Gasteiger partial charge is 0.456 e. The summed E-state index contributed by atoms with van der Waals surface area (Å²) < 4.78 is 6.50. The number of hydrogen-bond donors (Lipinski definition) is 0. The van der Waals surface area contributed by atoms with Gasteiger partial charge in [0.2, 0.25) is 0 Å². The highest BCUT2D eigenvalue weighted by molar-refractivity contribution is 6.28. The van der Waals surface area contributed by atoms with Gasteiger partial charge >= 0.3 is 0 Å². The molecule has 8 aromatic carbocycles. The predicted octanol–water partition coefficient (Wildman–Crippen LogP) is 14.5. The average molecular weight is 659 g/mol. The Balaban J connectivity index is 1.47. The molecule has 0 unspecified atom stereocenters. The molecule has 248 valence electrons. The number of aryl methyl sites for hydroxylation is 4. The maximum Gasteiger partial charge on any atom is 0.136 e. The quantitative estimate of drug-likeness (QED) is 0.172. The Morgan fingerprint density at radius 3 is 1.39 bits per heavy atom. The molecule has 1 nitrogen and oxygen atoms in total. The molecule has 0 atom stereocenters. The van der Waals surface area contributed by atoms with Crippen LogP contribution in [0.4, 0.5) is 0 Å². The monoisotopic (exact) mass is 658 g/mol. The molecule has 0 amide bonds. The van der Waals surface area contributed by atoms with Gasteiger partial charge in [-0.05, 0) is 178 Å². The fraction of sp³-hybridized carbons (Fsp3) is 0.160. The molecule has 0 spiro atoms. The molecular formula is C50H42O. The number of para-hydroxylation sites is 1. The normalized spacial score (nSPS) is 11.9. The van der Waals surface area contributed by atoms with Gasteiger partial charge in [-0.2, -0.15) is 0 Å². The molecule has 9 aromatic rings. The standard InChI is InChI=1S/C50H42O/c1-27-29(3)33(7)46-44(31(27)5)48(37-25-23-36(24-26-37)39-19-13-16-35-15-9-10-17-38(35)39)45-32(6)28(2)30(4)34(8)47(45)50(46)41-20-14-22-43-49(41)40-18-11-12-21-42(40)51-43/h9-26H,1-8H3. The van der Waals surface area contributed by atoms with Crippen LogP contribution in [0.5, 0.6) is 0 Å². The van der Waals surface area contributed by atoms with E-state index in [1.807, 2.05) is 0 Å². The Morgan fingerprint density at radius 2 is 0.765 bits per heavy atom. The number of hydrogen-bond acceptors (Lipinski definition) is 1. The van der Waals surface area contributed by atoms with Crippen molar-refractivity contribution < 1.29 is 4.42 Å². The van der Waals surface area contributed by atoms with E-state index in [0.717, 1.165) is 16.6 Å². The molecule has 51 heavy (non-hydrogen) atoms. The number of fused-ring (bicyclic) bond motifs is 6. The summed E-state index contributed by atoms with van der Waals surface area (Å²) in [5.41, 5.74) is 20.4. The molecular weight excluding hydrogens is 617 g/mol. The first-order valence-electron chi connectivity index (χ1n) is 18.1. The third kappa shape index (κ3) is 4.40. The summed E-state index contributed by atoms with van der Waals surface area (Å²) in [6, 6.07) is 39.8. The zero-order chi connectivity index (χ0) is 35.3. The molecule has 0 aliphatic carbocycles. The molecule has 1 heteroatoms. The van der Waals surface area contributed by atoms with E-state index >= 15 is 0 Å². The van der Waals surface area contributed by atoms with Gasteiger partial charge in [0.25, 0.3) is 0 Å². The second-order valence-corrected chi connectivity index (χ2v) is 14.6. The van der Waals surface area contributed by atoms with Gasteiger partial charge in [0.05, 0.1) is 0 Å². The molecule has 1 aromatic heterocycles. The summed E-state index contributed by atoms with van der Waals surface area (Å²) in [7, 11) is 0. The fourth-order valence-electron chi connectivity index (χ4n) is 8.96. The Morgan fingerprint density at radius 1 is 0.314 bits per heavy atom. The van der Waals surface area contributed by atoms with Gasteiger partial charge < -0.3 is 4.42 Å². The first kappa shape index (κ1) is 31.3. The van der Waals surface area contributed by atoms with E-state index in [4.69, 9.17) is 4.42 Å². The lowest BCUT2D eigenvalue weighted by atomic mass is 9.76. The number of rotatable bonds is 3. The van der Waals surface area contributed by atoms with Crippen LogP contribution in [0, 0.1) is 55.4 Å². The van der Waals surface area contributed by atoms with Crippen LogP contribution in [0.15, 0.2) is 114 Å². The molecule has 9 rings (SSSR count). The fourth-order valence-corrected chi connectivity index (χ4v) is 8.96. The molecule has 0 aliphatic heterocycles. The molecule has 0 saturated carbocycles. The summed E-state index contributed by atoms with van der Waals surface area (Å²) in [6.45, 7) is 18.6. The van der Waals surface area contributed by atoms with Gasteiger partial charge in [-0.1, -0.05) is 97.1 Å². The van der Waals surface area contributed by atoms with Gasteiger partial charge in [-0.3, -0.25) is 0 Å². The van der Waals surface area contributed by atoms with Crippen molar-refractivity contribution in [2.24, 2.45) is 0 Å². The van der Waals surface area contributed by atoms with Crippen molar-refractivity contribution in [1.29, 1.82) is 0 Å². The average Bonchev–Trinajstić information content (AvgIpc) is 3.55. The summed E-state index contributed by atoms with van der Waals surface area (Å²) in [5.74, 6) is 0. The van der Waals surface area contributed by atoms with Crippen LogP contribution >= 0.6 is 0 Å². The Labute approximate surface area is 300 Å². The van der Waals surface area contributed by atoms with Crippen LogP contribution in [0.25, 0.3) is 87.6 Å². The van der Waals surface area contributed by atoms with Gasteiger partial charge in [-0.15, -0.1) is 0 Å². The van der Waals surface area contributed by atoms with Gasteiger partial charge in [0, 0.05) is 10.8 Å². The van der Waals surface area contributed by atoms with Crippen LogP contribution in [0.2, 0.25) is 0 Å². The highest BCUT2D eigenvalue weighted by Crippen LogP contribution is 2.52. The molecule has 0 N–H and O–H groups in total. The van der Waals surface area contributed by atoms with E-state index in [2.05, 4.69) is 165 Å². The first-order chi connectivity index (χ1) is 24.7. The second kappa shape index (κ2) is 11.4. The van der Waals surface area contributed by atoms with E-state index in [9.17, 15) is 0 Å². The lowest BCUT2D eigenvalue weighted by molar-refractivity contribution is 0.669. The molecule has 0 radical (unpaired) electrons. The molecule has 0 bridgehead atoms. The van der Waals surface area contributed by atoms with Gasteiger partial charge in [0.1, 0.15) is 11.2 Å². The maximum atomic E-state index is 6.50. The zero-order valence-corrected chi connectivity index (χ0v) is 30.8. The van der Waals surface area contributed by atoms with Crippen molar-refractivity contribution in [3.8, 4) is 33.4 Å². The summed E-state index contributed by atoms with van der Waals surface area (Å²) in [4.78, 5) is 0. The van der Waals surface area contributed by atoms with Crippen molar-refractivity contribution in [2.75, 3.05) is 0 Å². The van der Waals surface area contributed by atoms with E-state index in [1.54, 1.807) is 0 Å². The SMILES string of the molecule is Cc1c(C)c(C)c2c(-c3cccc4oc5ccccc5c34)c3c(C)c(C)c(C)c(C)c3c(-c3ccc(-c4cccc5ccccc45)cc3)c2c1C. The van der Waals surface area contributed by atoms with Crippen LogP contribution < -0.4 is 0 Å². The summed E-state index contributed by atoms with van der Waals surface area (Å²) in [6.07, 6.45) is 0. The first-order valence-corrected chi connectivity index (χ1v) is 18.1. The van der Waals surface area contributed by atoms with Crippen molar-refractivity contribution in [2.45, 2.75) is 55.4 Å². The minimum atomic E-state index is 0.927. The number of benzene rings is 8. The molecule has 0 fully saturated rings. The molecule has 1 heterocycles. The Bertz CT molecular complexity index is 2830. The van der Waals surface area contributed by atoms with E-state index in [-0.39, 0.29) is 0 Å².